The number of guanidine groups is 1. The van der Waals surface area contributed by atoms with Crippen molar-refractivity contribution >= 4 is 23.1 Å². The van der Waals surface area contributed by atoms with Gasteiger partial charge in [-0.3, -0.25) is 4.99 Å². The van der Waals surface area contributed by atoms with Crippen molar-refractivity contribution in [3.8, 4) is 0 Å². The Balaban J connectivity index is 1.47. The quantitative estimate of drug-likeness (QED) is 0.565. The molecule has 2 N–H and O–H groups in total. The monoisotopic (exact) mass is 385 g/mol. The number of nitrogens with zero attached hydrogens (tertiary/aromatic N) is 3. The predicted molar refractivity (Wildman–Crippen MR) is 116 cm³/mol. The Kier molecular flexibility index (Phi) is 7.51. The Hall–Kier alpha value is -2.08. The first kappa shape index (κ1) is 19.7. The third-order valence-electron chi connectivity index (χ3n) is 4.84. The third kappa shape index (κ3) is 6.24. The highest BCUT2D eigenvalue weighted by atomic mass is 32.1. The van der Waals surface area contributed by atoms with Gasteiger partial charge in [-0.1, -0.05) is 19.1 Å². The standard InChI is InChI=1S/C21H31N5S/c1-3-22-21(24-16-17(2)15-19-7-6-14-27-19)25-18-9-12-26(13-10-18)20-8-4-5-11-23-20/h4-8,11,14,17-18H,3,9-10,12-13,15-16H2,1-2H3,(H2,22,24,25). The third-order valence-corrected chi connectivity index (χ3v) is 5.74. The number of piperidine rings is 1. The highest BCUT2D eigenvalue weighted by molar-refractivity contribution is 7.09. The van der Waals surface area contributed by atoms with Crippen LogP contribution in [0.1, 0.15) is 31.6 Å². The number of hydrogen-bond acceptors (Lipinski definition) is 4. The second-order valence-corrected chi connectivity index (χ2v) is 8.23. The normalized spacial score (nSPS) is 17.0. The number of anilines is 1. The molecule has 146 valence electrons. The number of pyridine rings is 1. The molecule has 5 nitrogen and oxygen atoms in total. The number of aromatic nitrogens is 1. The van der Waals surface area contributed by atoms with E-state index in [0.29, 0.717) is 12.0 Å². The highest BCUT2D eigenvalue weighted by Gasteiger charge is 2.20. The van der Waals surface area contributed by atoms with Crippen molar-refractivity contribution < 1.29 is 0 Å². The minimum absolute atomic E-state index is 0.468. The first-order valence-electron chi connectivity index (χ1n) is 9.97. The van der Waals surface area contributed by atoms with Crippen LogP contribution in [0, 0.1) is 5.92 Å². The molecule has 1 fully saturated rings. The summed E-state index contributed by atoms with van der Waals surface area (Å²) in [6, 6.07) is 10.9. The number of hydrogen-bond donors (Lipinski definition) is 2. The van der Waals surface area contributed by atoms with Gasteiger partial charge < -0.3 is 15.5 Å². The lowest BCUT2D eigenvalue weighted by atomic mass is 10.1. The molecule has 0 spiro atoms. The van der Waals surface area contributed by atoms with Gasteiger partial charge in [-0.05, 0) is 55.7 Å². The van der Waals surface area contributed by atoms with Crippen molar-refractivity contribution in [2.75, 3.05) is 31.1 Å². The molecule has 0 bridgehead atoms. The largest absolute Gasteiger partial charge is 0.357 e. The van der Waals surface area contributed by atoms with E-state index >= 15 is 0 Å². The number of rotatable bonds is 7. The first-order chi connectivity index (χ1) is 13.2. The maximum atomic E-state index is 4.84. The molecule has 0 saturated carbocycles. The van der Waals surface area contributed by atoms with E-state index in [1.165, 1.54) is 4.88 Å². The van der Waals surface area contributed by atoms with Crippen LogP contribution in [0.2, 0.25) is 0 Å². The minimum atomic E-state index is 0.468. The van der Waals surface area contributed by atoms with E-state index in [2.05, 4.69) is 64.0 Å². The summed E-state index contributed by atoms with van der Waals surface area (Å²) in [6.07, 6.45) is 5.17. The molecule has 27 heavy (non-hydrogen) atoms. The van der Waals surface area contributed by atoms with Crippen molar-refractivity contribution in [2.24, 2.45) is 10.9 Å². The molecular formula is C21H31N5S. The predicted octanol–water partition coefficient (Wildman–Crippen LogP) is 3.55. The summed E-state index contributed by atoms with van der Waals surface area (Å²) in [4.78, 5) is 13.1. The van der Waals surface area contributed by atoms with Gasteiger partial charge in [-0.15, -0.1) is 11.3 Å². The topological polar surface area (TPSA) is 52.6 Å². The van der Waals surface area contributed by atoms with Crippen LogP contribution in [0.25, 0.3) is 0 Å². The zero-order valence-electron chi connectivity index (χ0n) is 16.4. The van der Waals surface area contributed by atoms with E-state index in [1.807, 2.05) is 23.6 Å². The van der Waals surface area contributed by atoms with Crippen LogP contribution >= 0.6 is 11.3 Å². The lowest BCUT2D eigenvalue weighted by Gasteiger charge is -2.33. The molecule has 0 aromatic carbocycles. The summed E-state index contributed by atoms with van der Waals surface area (Å²) in [5.41, 5.74) is 0. The second kappa shape index (κ2) is 10.3. The number of aliphatic imine (C=N–C) groups is 1. The number of thiophene rings is 1. The summed E-state index contributed by atoms with van der Waals surface area (Å²) in [6.45, 7) is 8.19. The lowest BCUT2D eigenvalue weighted by Crippen LogP contribution is -2.49. The van der Waals surface area contributed by atoms with Crippen molar-refractivity contribution in [1.82, 2.24) is 15.6 Å². The van der Waals surface area contributed by atoms with Crippen molar-refractivity contribution in [1.29, 1.82) is 0 Å². The van der Waals surface area contributed by atoms with Crippen molar-refractivity contribution in [3.05, 3.63) is 46.8 Å². The maximum absolute atomic E-state index is 4.84. The van der Waals surface area contributed by atoms with E-state index in [1.54, 1.807) is 0 Å². The molecule has 3 heterocycles. The summed E-state index contributed by atoms with van der Waals surface area (Å²) < 4.78 is 0. The van der Waals surface area contributed by atoms with E-state index in [-0.39, 0.29) is 0 Å². The fraction of sp³-hybridized carbons (Fsp3) is 0.524. The van der Waals surface area contributed by atoms with Crippen LogP contribution in [0.4, 0.5) is 5.82 Å². The summed E-state index contributed by atoms with van der Waals surface area (Å²) >= 11 is 1.83. The molecule has 2 aromatic rings. The average molecular weight is 386 g/mol. The van der Waals surface area contributed by atoms with Crippen molar-refractivity contribution in [3.63, 3.8) is 0 Å². The van der Waals surface area contributed by atoms with Crippen LogP contribution in [0.3, 0.4) is 0 Å². The van der Waals surface area contributed by atoms with Gasteiger partial charge in [0.2, 0.25) is 0 Å². The molecule has 0 amide bonds. The minimum Gasteiger partial charge on any atom is -0.357 e. The van der Waals surface area contributed by atoms with Crippen LogP contribution < -0.4 is 15.5 Å². The molecule has 3 rings (SSSR count). The Bertz CT molecular complexity index is 678. The zero-order chi connectivity index (χ0) is 18.9. The SMILES string of the molecule is CCNC(=NCC(C)Cc1cccs1)NC1CCN(c2ccccn2)CC1. The molecule has 2 aromatic heterocycles. The molecular weight excluding hydrogens is 354 g/mol. The Morgan fingerprint density at radius 1 is 1.30 bits per heavy atom. The van der Waals surface area contributed by atoms with Crippen molar-refractivity contribution in [2.45, 2.75) is 39.2 Å². The molecule has 1 aliphatic rings. The van der Waals surface area contributed by atoms with Crippen LogP contribution in [-0.2, 0) is 6.42 Å². The Labute approximate surface area is 166 Å². The fourth-order valence-electron chi connectivity index (χ4n) is 3.39. The van der Waals surface area contributed by atoms with E-state index in [9.17, 15) is 0 Å². The Morgan fingerprint density at radius 2 is 2.15 bits per heavy atom. The lowest BCUT2D eigenvalue weighted by molar-refractivity contribution is 0.458. The van der Waals surface area contributed by atoms with Crippen LogP contribution in [-0.4, -0.2) is 43.2 Å². The summed E-state index contributed by atoms with van der Waals surface area (Å²) in [7, 11) is 0. The van der Waals surface area contributed by atoms with E-state index in [4.69, 9.17) is 4.99 Å². The molecule has 1 saturated heterocycles. The second-order valence-electron chi connectivity index (χ2n) is 7.20. The maximum Gasteiger partial charge on any atom is 0.191 e. The molecule has 1 unspecified atom stereocenters. The molecule has 1 atom stereocenters. The number of nitrogens with one attached hydrogen (secondary N) is 2. The average Bonchev–Trinajstić information content (AvgIpc) is 3.20. The fourth-order valence-corrected chi connectivity index (χ4v) is 4.26. The van der Waals surface area contributed by atoms with Gasteiger partial charge in [-0.2, -0.15) is 0 Å². The van der Waals surface area contributed by atoms with Gasteiger partial charge in [0.15, 0.2) is 5.96 Å². The van der Waals surface area contributed by atoms with Crippen LogP contribution in [0.5, 0.6) is 0 Å². The smallest absolute Gasteiger partial charge is 0.191 e. The Morgan fingerprint density at radius 3 is 2.81 bits per heavy atom. The molecule has 0 radical (unpaired) electrons. The highest BCUT2D eigenvalue weighted by Crippen LogP contribution is 2.17. The molecule has 0 aliphatic carbocycles. The first-order valence-corrected chi connectivity index (χ1v) is 10.9. The van der Waals surface area contributed by atoms with Gasteiger partial charge in [0, 0.05) is 43.3 Å². The molecule has 6 heteroatoms. The van der Waals surface area contributed by atoms with Gasteiger partial charge in [0.1, 0.15) is 5.82 Å². The van der Waals surface area contributed by atoms with E-state index in [0.717, 1.165) is 57.2 Å². The van der Waals surface area contributed by atoms with Gasteiger partial charge >= 0.3 is 0 Å². The van der Waals surface area contributed by atoms with Gasteiger partial charge in [0.25, 0.3) is 0 Å². The van der Waals surface area contributed by atoms with Gasteiger partial charge in [0.05, 0.1) is 0 Å². The van der Waals surface area contributed by atoms with E-state index < -0.39 is 0 Å². The van der Waals surface area contributed by atoms with Crippen LogP contribution in [0.15, 0.2) is 46.9 Å². The summed E-state index contributed by atoms with van der Waals surface area (Å²) in [5.74, 6) is 2.58. The van der Waals surface area contributed by atoms with Gasteiger partial charge in [-0.25, -0.2) is 4.98 Å². The summed E-state index contributed by atoms with van der Waals surface area (Å²) in [5, 5.41) is 9.19. The zero-order valence-corrected chi connectivity index (χ0v) is 17.2. The molecule has 1 aliphatic heterocycles.